The van der Waals surface area contributed by atoms with E-state index in [-0.39, 0.29) is 30.4 Å². The number of hydrogen-bond donors (Lipinski definition) is 2. The summed E-state index contributed by atoms with van der Waals surface area (Å²) in [6.07, 6.45) is 2.08. The zero-order valence-electron chi connectivity index (χ0n) is 13.9. The van der Waals surface area contributed by atoms with Crippen LogP contribution in [0.5, 0.6) is 0 Å². The Kier molecular flexibility index (Phi) is 4.36. The fourth-order valence-corrected chi connectivity index (χ4v) is 3.74. The molecule has 0 aromatic carbocycles. The Bertz CT molecular complexity index is 423. The summed E-state index contributed by atoms with van der Waals surface area (Å²) in [5, 5.41) is 6.67. The van der Waals surface area contributed by atoms with Crippen molar-refractivity contribution < 1.29 is 19.0 Å². The van der Waals surface area contributed by atoms with Crippen LogP contribution in [0.3, 0.4) is 0 Å². The van der Waals surface area contributed by atoms with E-state index in [1.165, 1.54) is 0 Å². The number of carbonyl (C=O) groups excluding carboxylic acids is 1. The molecule has 0 spiro atoms. The minimum Gasteiger partial charge on any atom is -0.444 e. The Morgan fingerprint density at radius 2 is 1.86 bits per heavy atom. The molecule has 1 saturated carbocycles. The minimum atomic E-state index is -0.476. The number of carbonyl (C=O) groups is 1. The second-order valence-electron chi connectivity index (χ2n) is 7.62. The summed E-state index contributed by atoms with van der Waals surface area (Å²) in [5.41, 5.74) is -0.476. The summed E-state index contributed by atoms with van der Waals surface area (Å²) in [7, 11) is 0. The molecule has 3 fully saturated rings. The summed E-state index contributed by atoms with van der Waals surface area (Å²) in [4.78, 5) is 12.1. The first-order valence-corrected chi connectivity index (χ1v) is 8.34. The van der Waals surface area contributed by atoms with Gasteiger partial charge in [0.1, 0.15) is 5.60 Å². The van der Waals surface area contributed by atoms with Gasteiger partial charge in [-0.15, -0.1) is 0 Å². The molecule has 0 radical (unpaired) electrons. The number of fused-ring (bicyclic) bond motifs is 1. The third kappa shape index (κ3) is 3.24. The highest BCUT2D eigenvalue weighted by Crippen LogP contribution is 2.40. The van der Waals surface area contributed by atoms with E-state index in [2.05, 4.69) is 17.6 Å². The Labute approximate surface area is 132 Å². The quantitative estimate of drug-likeness (QED) is 0.825. The number of rotatable bonds is 3. The van der Waals surface area contributed by atoms with Crippen LogP contribution in [-0.2, 0) is 14.2 Å². The molecular formula is C16H28N2O4. The predicted molar refractivity (Wildman–Crippen MR) is 81.7 cm³/mol. The molecule has 6 unspecified atom stereocenters. The number of hydrogen-bond acceptors (Lipinski definition) is 5. The average Bonchev–Trinajstić information content (AvgIpc) is 2.98. The lowest BCUT2D eigenvalue weighted by molar-refractivity contribution is -0.0403. The van der Waals surface area contributed by atoms with Crippen molar-refractivity contribution in [3.05, 3.63) is 0 Å². The smallest absolute Gasteiger partial charge is 0.407 e. The Morgan fingerprint density at radius 1 is 1.14 bits per heavy atom. The molecule has 1 aliphatic carbocycles. The highest BCUT2D eigenvalue weighted by Gasteiger charge is 2.55. The first-order valence-electron chi connectivity index (χ1n) is 8.34. The minimum absolute atomic E-state index is 0.0788. The lowest BCUT2D eigenvalue weighted by atomic mass is 9.71. The molecule has 126 valence electrons. The third-order valence-corrected chi connectivity index (χ3v) is 4.85. The van der Waals surface area contributed by atoms with Crippen molar-refractivity contribution >= 4 is 6.09 Å². The van der Waals surface area contributed by atoms with Gasteiger partial charge in [-0.3, -0.25) is 0 Å². The van der Waals surface area contributed by atoms with Crippen molar-refractivity contribution in [2.45, 2.75) is 76.5 Å². The van der Waals surface area contributed by atoms with Crippen LogP contribution in [0.4, 0.5) is 4.79 Å². The fourth-order valence-electron chi connectivity index (χ4n) is 3.74. The number of ether oxygens (including phenoxy) is 3. The van der Waals surface area contributed by atoms with Crippen LogP contribution in [0.2, 0.25) is 0 Å². The molecule has 2 N–H and O–H groups in total. The molecule has 3 rings (SSSR count). The van der Waals surface area contributed by atoms with Crippen LogP contribution in [-0.4, -0.2) is 55.2 Å². The molecule has 2 saturated heterocycles. The van der Waals surface area contributed by atoms with Gasteiger partial charge in [-0.1, -0.05) is 0 Å². The topological polar surface area (TPSA) is 68.8 Å². The average molecular weight is 312 g/mol. The van der Waals surface area contributed by atoms with Gasteiger partial charge in [0.15, 0.2) is 0 Å². The van der Waals surface area contributed by atoms with Gasteiger partial charge in [0, 0.05) is 25.2 Å². The van der Waals surface area contributed by atoms with E-state index in [1.54, 1.807) is 0 Å². The van der Waals surface area contributed by atoms with Gasteiger partial charge in [-0.05, 0) is 40.5 Å². The van der Waals surface area contributed by atoms with Crippen LogP contribution in [0.15, 0.2) is 0 Å². The highest BCUT2D eigenvalue weighted by atomic mass is 16.6. The number of amides is 1. The maximum absolute atomic E-state index is 12.1. The van der Waals surface area contributed by atoms with Gasteiger partial charge < -0.3 is 24.8 Å². The first kappa shape index (κ1) is 16.0. The van der Waals surface area contributed by atoms with Crippen molar-refractivity contribution in [3.8, 4) is 0 Å². The van der Waals surface area contributed by atoms with Crippen molar-refractivity contribution in [2.75, 3.05) is 13.2 Å². The molecule has 6 heteroatoms. The third-order valence-electron chi connectivity index (χ3n) is 4.85. The molecule has 0 bridgehead atoms. The van der Waals surface area contributed by atoms with Crippen molar-refractivity contribution in [3.63, 3.8) is 0 Å². The maximum atomic E-state index is 12.1. The Balaban J connectivity index is 1.59. The number of nitrogens with one attached hydrogen (secondary N) is 2. The van der Waals surface area contributed by atoms with Gasteiger partial charge in [0.05, 0.1) is 24.3 Å². The zero-order chi connectivity index (χ0) is 15.9. The van der Waals surface area contributed by atoms with Crippen molar-refractivity contribution in [2.24, 2.45) is 5.92 Å². The number of alkyl carbamates (subject to hydrolysis) is 1. The van der Waals surface area contributed by atoms with Gasteiger partial charge in [0.2, 0.25) is 0 Å². The van der Waals surface area contributed by atoms with Crippen LogP contribution >= 0.6 is 0 Å². The molecule has 0 aromatic heterocycles. The normalized spacial score (nSPS) is 40.9. The van der Waals surface area contributed by atoms with E-state index in [0.717, 1.165) is 26.1 Å². The van der Waals surface area contributed by atoms with E-state index in [9.17, 15) is 4.79 Å². The van der Waals surface area contributed by atoms with Gasteiger partial charge in [0.25, 0.3) is 0 Å². The highest BCUT2D eigenvalue weighted by molar-refractivity contribution is 5.68. The molecular weight excluding hydrogens is 284 g/mol. The molecule has 1 amide bonds. The van der Waals surface area contributed by atoms with E-state index in [0.29, 0.717) is 12.0 Å². The van der Waals surface area contributed by atoms with Crippen molar-refractivity contribution in [1.29, 1.82) is 0 Å². The summed E-state index contributed by atoms with van der Waals surface area (Å²) >= 11 is 0. The van der Waals surface area contributed by atoms with Crippen LogP contribution < -0.4 is 10.6 Å². The van der Waals surface area contributed by atoms with Gasteiger partial charge >= 0.3 is 6.09 Å². The second kappa shape index (κ2) is 5.98. The molecule has 2 heterocycles. The van der Waals surface area contributed by atoms with E-state index < -0.39 is 5.60 Å². The van der Waals surface area contributed by atoms with Crippen LogP contribution in [0.25, 0.3) is 0 Å². The summed E-state index contributed by atoms with van der Waals surface area (Å²) in [6, 6.07) is 0.558. The second-order valence-corrected chi connectivity index (χ2v) is 7.62. The predicted octanol–water partition coefficient (Wildman–Crippen LogP) is 1.43. The van der Waals surface area contributed by atoms with Crippen LogP contribution in [0.1, 0.15) is 40.5 Å². The zero-order valence-corrected chi connectivity index (χ0v) is 13.9. The molecule has 6 nitrogen and oxygen atoms in total. The first-order chi connectivity index (χ1) is 10.3. The van der Waals surface area contributed by atoms with E-state index in [4.69, 9.17) is 14.2 Å². The monoisotopic (exact) mass is 312 g/mol. The van der Waals surface area contributed by atoms with E-state index in [1.807, 2.05) is 20.8 Å². The summed E-state index contributed by atoms with van der Waals surface area (Å²) in [6.45, 7) is 9.29. The van der Waals surface area contributed by atoms with Gasteiger partial charge in [-0.2, -0.15) is 0 Å². The van der Waals surface area contributed by atoms with Gasteiger partial charge in [-0.25, -0.2) is 4.79 Å². The van der Waals surface area contributed by atoms with E-state index >= 15 is 0 Å². The largest absolute Gasteiger partial charge is 0.444 e. The maximum Gasteiger partial charge on any atom is 0.407 e. The molecule has 3 aliphatic rings. The lowest BCUT2D eigenvalue weighted by Crippen LogP contribution is -2.72. The standard InChI is InChI=1S/C16H28N2O4/c1-9-11(6-8-20-9)17-13-12(10-5-7-21-14(10)13)18-15(19)22-16(2,3)4/h9-14,17H,5-8H2,1-4H3,(H,18,19). The fraction of sp³-hybridized carbons (Fsp3) is 0.938. The Morgan fingerprint density at radius 3 is 2.50 bits per heavy atom. The summed E-state index contributed by atoms with van der Waals surface area (Å²) < 4.78 is 16.8. The van der Waals surface area contributed by atoms with Crippen molar-refractivity contribution in [1.82, 2.24) is 10.6 Å². The molecule has 2 aliphatic heterocycles. The molecule has 0 aromatic rings. The van der Waals surface area contributed by atoms with Crippen LogP contribution in [0, 0.1) is 5.92 Å². The lowest BCUT2D eigenvalue weighted by Gasteiger charge is -2.49. The molecule has 6 atom stereocenters. The SMILES string of the molecule is CC1OCCC1NC1C(NC(=O)OC(C)(C)C)C2CCOC21. The molecule has 22 heavy (non-hydrogen) atoms. The Hall–Kier alpha value is -0.850. The summed E-state index contributed by atoms with van der Waals surface area (Å²) in [5.74, 6) is 0.391.